The Morgan fingerprint density at radius 2 is 1.44 bits per heavy atom. The van der Waals surface area contributed by atoms with E-state index in [0.717, 1.165) is 12.1 Å². The number of halogens is 6. The molecule has 172 valence electrons. The number of alkyl halides is 6. The van der Waals surface area contributed by atoms with Crippen LogP contribution in [0.25, 0.3) is 0 Å². The molecule has 0 bridgehead atoms. The Hall–Kier alpha value is -3.64. The van der Waals surface area contributed by atoms with Gasteiger partial charge in [-0.2, -0.15) is 26.3 Å². The van der Waals surface area contributed by atoms with Crippen LogP contribution in [0.4, 0.5) is 32.0 Å². The zero-order chi connectivity index (χ0) is 24.3. The summed E-state index contributed by atoms with van der Waals surface area (Å²) in [7, 11) is 0. The third kappa shape index (κ3) is 6.68. The van der Waals surface area contributed by atoms with Gasteiger partial charge in [-0.3, -0.25) is 19.7 Å². The molecule has 2 aromatic rings. The van der Waals surface area contributed by atoms with Crippen molar-refractivity contribution in [1.82, 2.24) is 5.32 Å². The number of carbonyl (C=O) groups excluding carboxylic acids is 2. The fourth-order valence-corrected chi connectivity index (χ4v) is 2.76. The van der Waals surface area contributed by atoms with E-state index < -0.39 is 58.2 Å². The van der Waals surface area contributed by atoms with E-state index in [0.29, 0.717) is 17.7 Å². The monoisotopic (exact) mass is 463 g/mol. The number of hydrogen-bond donors (Lipinski definition) is 2. The molecule has 13 heteroatoms. The maximum atomic E-state index is 12.9. The van der Waals surface area contributed by atoms with Gasteiger partial charge in [-0.05, 0) is 29.3 Å². The molecule has 0 unspecified atom stereocenters. The molecule has 1 atom stereocenters. The first-order valence-corrected chi connectivity index (χ1v) is 8.77. The molecule has 7 nitrogen and oxygen atoms in total. The predicted molar refractivity (Wildman–Crippen MR) is 98.1 cm³/mol. The molecule has 0 fully saturated rings. The number of nitrogens with zero attached hydrogens (tertiary/aromatic N) is 1. The summed E-state index contributed by atoms with van der Waals surface area (Å²) in [6.07, 6.45) is -11.2. The van der Waals surface area contributed by atoms with E-state index in [1.807, 2.05) is 0 Å². The van der Waals surface area contributed by atoms with Crippen molar-refractivity contribution in [3.63, 3.8) is 0 Å². The number of hydrogen-bond acceptors (Lipinski definition) is 4. The van der Waals surface area contributed by atoms with Crippen LogP contribution >= 0.6 is 0 Å². The lowest BCUT2D eigenvalue weighted by atomic mass is 10.0. The molecule has 0 aliphatic rings. The maximum absolute atomic E-state index is 12.9. The van der Waals surface area contributed by atoms with E-state index in [-0.39, 0.29) is 18.2 Å². The summed E-state index contributed by atoms with van der Waals surface area (Å²) in [5.41, 5.74) is 1.64. The van der Waals surface area contributed by atoms with E-state index in [4.69, 9.17) is 5.73 Å². The molecular formula is C19H15F6N3O4. The summed E-state index contributed by atoms with van der Waals surface area (Å²) < 4.78 is 77.6. The van der Waals surface area contributed by atoms with Crippen LogP contribution in [0.5, 0.6) is 0 Å². The molecule has 0 saturated heterocycles. The first kappa shape index (κ1) is 24.6. The molecule has 2 rings (SSSR count). The molecule has 0 heterocycles. The molecule has 0 aliphatic heterocycles. The number of non-ortho nitro benzene ring substituents is 1. The zero-order valence-corrected chi connectivity index (χ0v) is 16.0. The SMILES string of the molecule is NC(=O)[C@@H](Cc1ccc([N+](=O)[O-])cc1)NC(=O)Cc1cc(C(F)(F)F)cc(C(F)(F)F)c1. The molecule has 0 saturated carbocycles. The third-order valence-electron chi connectivity index (χ3n) is 4.28. The standard InChI is InChI=1S/C19H15F6N3O4/c20-18(21,22)12-5-11(6-13(9-12)19(23,24)25)8-16(29)27-15(17(26)30)7-10-1-3-14(4-2-10)28(31)32/h1-6,9,15H,7-8H2,(H2,26,30)(H,27,29)/t15-/m1/s1. The number of nitrogens with two attached hydrogens (primary N) is 1. The number of nitro benzene ring substituents is 1. The molecule has 2 aromatic carbocycles. The van der Waals surface area contributed by atoms with Gasteiger partial charge in [-0.1, -0.05) is 12.1 Å². The highest BCUT2D eigenvalue weighted by Crippen LogP contribution is 2.36. The van der Waals surface area contributed by atoms with Gasteiger partial charge in [0.15, 0.2) is 0 Å². The summed E-state index contributed by atoms with van der Waals surface area (Å²) in [4.78, 5) is 33.9. The molecular weight excluding hydrogens is 448 g/mol. The number of nitrogens with one attached hydrogen (secondary N) is 1. The average molecular weight is 463 g/mol. The summed E-state index contributed by atoms with van der Waals surface area (Å²) in [5.74, 6) is -2.06. The molecule has 0 aromatic heterocycles. The van der Waals surface area contributed by atoms with Gasteiger partial charge in [0.2, 0.25) is 11.8 Å². The van der Waals surface area contributed by atoms with E-state index in [1.54, 1.807) is 0 Å². The normalized spacial score (nSPS) is 12.8. The van der Waals surface area contributed by atoms with Gasteiger partial charge in [0.25, 0.3) is 5.69 Å². The Morgan fingerprint density at radius 3 is 1.84 bits per heavy atom. The second-order valence-electron chi connectivity index (χ2n) is 6.74. The average Bonchev–Trinajstić information content (AvgIpc) is 2.66. The largest absolute Gasteiger partial charge is 0.416 e. The highest BCUT2D eigenvalue weighted by atomic mass is 19.4. The Bertz CT molecular complexity index is 987. The number of nitro groups is 1. The summed E-state index contributed by atoms with van der Waals surface area (Å²) >= 11 is 0. The minimum Gasteiger partial charge on any atom is -0.368 e. The van der Waals surface area contributed by atoms with Crippen LogP contribution in [0, 0.1) is 10.1 Å². The fraction of sp³-hybridized carbons (Fsp3) is 0.263. The first-order valence-electron chi connectivity index (χ1n) is 8.77. The van der Waals surface area contributed by atoms with E-state index in [2.05, 4.69) is 5.32 Å². The number of rotatable bonds is 7. The summed E-state index contributed by atoms with van der Waals surface area (Å²) in [6.45, 7) is 0. The minimum atomic E-state index is -5.07. The molecule has 0 spiro atoms. The van der Waals surface area contributed by atoms with Crippen molar-refractivity contribution in [3.8, 4) is 0 Å². The van der Waals surface area contributed by atoms with E-state index in [1.165, 1.54) is 12.1 Å². The van der Waals surface area contributed by atoms with Crippen molar-refractivity contribution in [2.75, 3.05) is 0 Å². The fourth-order valence-electron chi connectivity index (χ4n) is 2.76. The van der Waals surface area contributed by atoms with Crippen molar-refractivity contribution in [1.29, 1.82) is 0 Å². The quantitative estimate of drug-likeness (QED) is 0.372. The van der Waals surface area contributed by atoms with Crippen LogP contribution in [0.2, 0.25) is 0 Å². The molecule has 3 N–H and O–H groups in total. The number of carbonyl (C=O) groups is 2. The Balaban J connectivity index is 2.19. The van der Waals surface area contributed by atoms with Crippen molar-refractivity contribution in [2.45, 2.75) is 31.2 Å². The van der Waals surface area contributed by atoms with Gasteiger partial charge in [-0.15, -0.1) is 0 Å². The lowest BCUT2D eigenvalue weighted by Gasteiger charge is -2.17. The lowest BCUT2D eigenvalue weighted by Crippen LogP contribution is -2.46. The smallest absolute Gasteiger partial charge is 0.368 e. The van der Waals surface area contributed by atoms with Gasteiger partial charge in [0.1, 0.15) is 6.04 Å². The molecule has 2 amide bonds. The Labute approximate surface area is 176 Å². The molecule has 0 radical (unpaired) electrons. The van der Waals surface area contributed by atoms with E-state index >= 15 is 0 Å². The number of amides is 2. The van der Waals surface area contributed by atoms with Crippen LogP contribution in [0.3, 0.4) is 0 Å². The van der Waals surface area contributed by atoms with Crippen LogP contribution in [-0.2, 0) is 34.8 Å². The minimum absolute atomic E-state index is 0.0673. The van der Waals surface area contributed by atoms with Crippen molar-refractivity contribution in [3.05, 3.63) is 74.8 Å². The van der Waals surface area contributed by atoms with Crippen molar-refractivity contribution < 1.29 is 40.9 Å². The highest BCUT2D eigenvalue weighted by molar-refractivity contribution is 5.87. The predicted octanol–water partition coefficient (Wildman–Crippen LogP) is 3.39. The lowest BCUT2D eigenvalue weighted by molar-refractivity contribution is -0.384. The first-order chi connectivity index (χ1) is 14.7. The summed E-state index contributed by atoms with van der Waals surface area (Å²) in [5, 5.41) is 12.8. The van der Waals surface area contributed by atoms with Crippen molar-refractivity contribution >= 4 is 17.5 Å². The number of benzene rings is 2. The summed E-state index contributed by atoms with van der Waals surface area (Å²) in [6, 6.07) is 4.31. The topological polar surface area (TPSA) is 115 Å². The van der Waals surface area contributed by atoms with Crippen molar-refractivity contribution in [2.24, 2.45) is 5.73 Å². The van der Waals surface area contributed by atoms with Gasteiger partial charge in [-0.25, -0.2) is 0 Å². The van der Waals surface area contributed by atoms with E-state index in [9.17, 15) is 46.0 Å². The van der Waals surface area contributed by atoms with Gasteiger partial charge >= 0.3 is 12.4 Å². The van der Waals surface area contributed by atoms with Gasteiger partial charge in [0.05, 0.1) is 22.5 Å². The van der Waals surface area contributed by atoms with Gasteiger partial charge in [0, 0.05) is 18.6 Å². The van der Waals surface area contributed by atoms with Crippen LogP contribution in [0.15, 0.2) is 42.5 Å². The Morgan fingerprint density at radius 1 is 0.938 bits per heavy atom. The molecule has 0 aliphatic carbocycles. The van der Waals surface area contributed by atoms with Gasteiger partial charge < -0.3 is 11.1 Å². The maximum Gasteiger partial charge on any atom is 0.416 e. The van der Waals surface area contributed by atoms with Crippen LogP contribution in [0.1, 0.15) is 22.3 Å². The second-order valence-corrected chi connectivity index (χ2v) is 6.74. The highest BCUT2D eigenvalue weighted by Gasteiger charge is 2.37. The second kappa shape index (κ2) is 9.24. The van der Waals surface area contributed by atoms with Crippen LogP contribution < -0.4 is 11.1 Å². The molecule has 32 heavy (non-hydrogen) atoms. The number of primary amides is 1. The van der Waals surface area contributed by atoms with Crippen LogP contribution in [-0.4, -0.2) is 22.8 Å². The zero-order valence-electron chi connectivity index (χ0n) is 16.0. The Kier molecular flexibility index (Phi) is 7.11. The third-order valence-corrected chi connectivity index (χ3v) is 4.28.